The smallest absolute Gasteiger partial charge is 0.256 e. The van der Waals surface area contributed by atoms with E-state index in [1.165, 1.54) is 7.05 Å². The number of nitrogens with two attached hydrogens (primary N) is 1. The molecule has 2 heterocycles. The maximum absolute atomic E-state index is 12.6. The fourth-order valence-electron chi connectivity index (χ4n) is 2.58. The summed E-state index contributed by atoms with van der Waals surface area (Å²) in [5.74, 6) is -0.427. The molecule has 0 aliphatic heterocycles. The van der Waals surface area contributed by atoms with Crippen LogP contribution in [-0.4, -0.2) is 22.5 Å². The van der Waals surface area contributed by atoms with E-state index in [2.05, 4.69) is 10.3 Å². The van der Waals surface area contributed by atoms with Crippen molar-refractivity contribution < 1.29 is 4.79 Å². The maximum atomic E-state index is 12.6. The van der Waals surface area contributed by atoms with Gasteiger partial charge >= 0.3 is 0 Å². The number of nitrogens with one attached hydrogen (secondary N) is 1. The van der Waals surface area contributed by atoms with Crippen LogP contribution in [0.2, 0.25) is 0 Å². The van der Waals surface area contributed by atoms with Gasteiger partial charge in [-0.2, -0.15) is 0 Å². The summed E-state index contributed by atoms with van der Waals surface area (Å²) >= 11 is 0. The summed E-state index contributed by atoms with van der Waals surface area (Å²) < 4.78 is 1.85. The first kappa shape index (κ1) is 14.8. The topological polar surface area (TPSA) is 90.0 Å². The van der Waals surface area contributed by atoms with Gasteiger partial charge in [-0.25, -0.2) is 0 Å². The van der Waals surface area contributed by atoms with E-state index < -0.39 is 5.91 Å². The zero-order chi connectivity index (χ0) is 16.4. The number of carbonyl (C=O) groups excluding carboxylic acids is 1. The van der Waals surface area contributed by atoms with E-state index in [1.807, 2.05) is 22.8 Å². The van der Waals surface area contributed by atoms with Crippen molar-refractivity contribution in [3.63, 3.8) is 0 Å². The molecule has 0 saturated carbocycles. The van der Waals surface area contributed by atoms with Crippen molar-refractivity contribution in [3.05, 3.63) is 70.3 Å². The Morgan fingerprint density at radius 1 is 1.26 bits per heavy atom. The first-order valence-electron chi connectivity index (χ1n) is 7.14. The second kappa shape index (κ2) is 5.92. The number of anilines is 1. The number of fused-ring (bicyclic) bond motifs is 1. The van der Waals surface area contributed by atoms with Crippen LogP contribution in [0.25, 0.3) is 10.9 Å². The highest BCUT2D eigenvalue weighted by Gasteiger charge is 2.16. The predicted octanol–water partition coefficient (Wildman–Crippen LogP) is 1.39. The summed E-state index contributed by atoms with van der Waals surface area (Å²) in [7, 11) is 1.49. The van der Waals surface area contributed by atoms with E-state index >= 15 is 0 Å². The number of hydrogen-bond donors (Lipinski definition) is 2. The normalized spacial score (nSPS) is 10.7. The van der Waals surface area contributed by atoms with Crippen molar-refractivity contribution in [1.29, 1.82) is 0 Å². The molecule has 0 bridgehead atoms. The maximum Gasteiger partial charge on any atom is 0.256 e. The molecule has 0 fully saturated rings. The Morgan fingerprint density at radius 3 is 2.70 bits per heavy atom. The molecule has 1 amide bonds. The monoisotopic (exact) mass is 308 g/mol. The van der Waals surface area contributed by atoms with E-state index in [0.717, 1.165) is 5.56 Å². The number of pyridine rings is 2. The van der Waals surface area contributed by atoms with E-state index in [-0.39, 0.29) is 11.0 Å². The Kier molecular flexibility index (Phi) is 3.80. The molecule has 116 valence electrons. The van der Waals surface area contributed by atoms with Crippen LogP contribution in [0.1, 0.15) is 15.9 Å². The number of nitrogen functional groups attached to an aromatic ring is 1. The molecule has 0 aliphatic rings. The zero-order valence-corrected chi connectivity index (χ0v) is 12.6. The molecule has 3 aromatic rings. The fourth-order valence-corrected chi connectivity index (χ4v) is 2.58. The molecular weight excluding hydrogens is 292 g/mol. The van der Waals surface area contributed by atoms with Crippen LogP contribution in [-0.2, 0) is 6.54 Å². The van der Waals surface area contributed by atoms with Gasteiger partial charge in [0.25, 0.3) is 5.91 Å². The van der Waals surface area contributed by atoms with Gasteiger partial charge in [-0.1, -0.05) is 6.07 Å². The standard InChI is InChI=1S/C17H16N4O2/c1-19-17(23)12-10-21(9-11-5-7-20-8-6-11)14-4-2-3-13(18)15(14)16(12)22/h2-8,10H,9,18H2,1H3,(H,19,23). The van der Waals surface area contributed by atoms with Crippen LogP contribution < -0.4 is 16.5 Å². The molecule has 1 aromatic carbocycles. The summed E-state index contributed by atoms with van der Waals surface area (Å²) in [6.07, 6.45) is 4.98. The van der Waals surface area contributed by atoms with E-state index in [4.69, 9.17) is 5.73 Å². The summed E-state index contributed by atoms with van der Waals surface area (Å²) in [5, 5.41) is 2.86. The van der Waals surface area contributed by atoms with Crippen molar-refractivity contribution >= 4 is 22.5 Å². The summed E-state index contributed by atoms with van der Waals surface area (Å²) in [6, 6.07) is 9.04. The Labute approximate surface area is 132 Å². The van der Waals surface area contributed by atoms with E-state index in [0.29, 0.717) is 23.1 Å². The summed E-state index contributed by atoms with van der Waals surface area (Å²) in [4.78, 5) is 28.6. The zero-order valence-electron chi connectivity index (χ0n) is 12.6. The molecular formula is C17H16N4O2. The van der Waals surface area contributed by atoms with Gasteiger partial charge in [-0.15, -0.1) is 0 Å². The van der Waals surface area contributed by atoms with Gasteiger partial charge in [0, 0.05) is 37.9 Å². The lowest BCUT2D eigenvalue weighted by Gasteiger charge is -2.14. The number of aromatic nitrogens is 2. The highest BCUT2D eigenvalue weighted by Crippen LogP contribution is 2.19. The average molecular weight is 308 g/mol. The molecule has 0 saturated heterocycles. The highest BCUT2D eigenvalue weighted by molar-refractivity contribution is 6.00. The Bertz CT molecular complexity index is 932. The molecule has 0 spiro atoms. The quantitative estimate of drug-likeness (QED) is 0.715. The van der Waals surface area contributed by atoms with Gasteiger partial charge in [-0.3, -0.25) is 14.6 Å². The third-order valence-corrected chi connectivity index (χ3v) is 3.71. The number of nitrogens with zero attached hydrogens (tertiary/aromatic N) is 2. The molecule has 6 nitrogen and oxygen atoms in total. The first-order chi connectivity index (χ1) is 11.1. The fraction of sp³-hybridized carbons (Fsp3) is 0.118. The second-order valence-corrected chi connectivity index (χ2v) is 5.18. The van der Waals surface area contributed by atoms with Gasteiger partial charge < -0.3 is 15.6 Å². The van der Waals surface area contributed by atoms with Crippen LogP contribution in [0.5, 0.6) is 0 Å². The minimum absolute atomic E-state index is 0.0759. The van der Waals surface area contributed by atoms with Crippen LogP contribution in [0.3, 0.4) is 0 Å². The number of amides is 1. The van der Waals surface area contributed by atoms with Gasteiger partial charge in [0.2, 0.25) is 5.43 Å². The van der Waals surface area contributed by atoms with E-state index in [9.17, 15) is 9.59 Å². The minimum atomic E-state index is -0.427. The largest absolute Gasteiger partial charge is 0.398 e. The molecule has 2 aromatic heterocycles. The lowest BCUT2D eigenvalue weighted by molar-refractivity contribution is 0.0961. The average Bonchev–Trinajstić information content (AvgIpc) is 2.57. The first-order valence-corrected chi connectivity index (χ1v) is 7.14. The van der Waals surface area contributed by atoms with E-state index in [1.54, 1.807) is 30.7 Å². The summed E-state index contributed by atoms with van der Waals surface area (Å²) in [6.45, 7) is 0.507. The Morgan fingerprint density at radius 2 is 2.00 bits per heavy atom. The number of rotatable bonds is 3. The van der Waals surface area contributed by atoms with Crippen LogP contribution in [0.4, 0.5) is 5.69 Å². The molecule has 0 atom stereocenters. The van der Waals surface area contributed by atoms with Gasteiger partial charge in [0.05, 0.1) is 10.9 Å². The second-order valence-electron chi connectivity index (χ2n) is 5.18. The third-order valence-electron chi connectivity index (χ3n) is 3.71. The lowest BCUT2D eigenvalue weighted by Crippen LogP contribution is -2.27. The number of carbonyl (C=O) groups is 1. The van der Waals surface area contributed by atoms with Gasteiger partial charge in [0.1, 0.15) is 5.56 Å². The third kappa shape index (κ3) is 2.66. The molecule has 6 heteroatoms. The Balaban J connectivity index is 2.28. The highest BCUT2D eigenvalue weighted by atomic mass is 16.2. The molecule has 3 rings (SSSR count). The molecule has 23 heavy (non-hydrogen) atoms. The van der Waals surface area contributed by atoms with Crippen molar-refractivity contribution in [3.8, 4) is 0 Å². The number of benzene rings is 1. The van der Waals surface area contributed by atoms with Crippen LogP contribution in [0, 0.1) is 0 Å². The minimum Gasteiger partial charge on any atom is -0.398 e. The van der Waals surface area contributed by atoms with Gasteiger partial charge in [-0.05, 0) is 29.8 Å². The molecule has 0 aliphatic carbocycles. The number of hydrogen-bond acceptors (Lipinski definition) is 4. The lowest BCUT2D eigenvalue weighted by atomic mass is 10.1. The molecule has 0 radical (unpaired) electrons. The molecule has 0 unspecified atom stereocenters. The molecule has 3 N–H and O–H groups in total. The predicted molar refractivity (Wildman–Crippen MR) is 89.3 cm³/mol. The Hall–Kier alpha value is -3.15. The van der Waals surface area contributed by atoms with Crippen molar-refractivity contribution in [2.45, 2.75) is 6.54 Å². The van der Waals surface area contributed by atoms with Crippen molar-refractivity contribution in [2.24, 2.45) is 0 Å². The van der Waals surface area contributed by atoms with Crippen molar-refractivity contribution in [2.75, 3.05) is 12.8 Å². The van der Waals surface area contributed by atoms with Gasteiger partial charge in [0.15, 0.2) is 0 Å². The van der Waals surface area contributed by atoms with Crippen molar-refractivity contribution in [1.82, 2.24) is 14.9 Å². The summed E-state index contributed by atoms with van der Waals surface area (Å²) in [5.41, 5.74) is 7.76. The SMILES string of the molecule is CNC(=O)c1cn(Cc2ccncc2)c2cccc(N)c2c1=O. The van der Waals surface area contributed by atoms with Crippen LogP contribution in [0.15, 0.2) is 53.7 Å². The van der Waals surface area contributed by atoms with Crippen LogP contribution >= 0.6 is 0 Å².